The molecule has 9 heteroatoms. The van der Waals surface area contributed by atoms with Gasteiger partial charge in [-0.05, 0) is 26.7 Å². The summed E-state index contributed by atoms with van der Waals surface area (Å²) in [6, 6.07) is 0.0610. The van der Waals surface area contributed by atoms with Gasteiger partial charge in [0.15, 0.2) is 6.61 Å². The molecule has 0 atom stereocenters. The van der Waals surface area contributed by atoms with Gasteiger partial charge in [-0.1, -0.05) is 32.1 Å². The number of dihydropyridines is 1. The Balaban J connectivity index is 2.12. The molecule has 0 bridgehead atoms. The number of methoxy groups -OCH3 is 2. The van der Waals surface area contributed by atoms with Crippen LogP contribution in [0.5, 0.6) is 0 Å². The molecule has 0 radical (unpaired) electrons. The molecule has 9 nitrogen and oxygen atoms in total. The number of esters is 3. The van der Waals surface area contributed by atoms with E-state index in [0.717, 1.165) is 38.5 Å². The summed E-state index contributed by atoms with van der Waals surface area (Å²) < 4.78 is 14.8. The lowest BCUT2D eigenvalue weighted by molar-refractivity contribution is -0.153. The van der Waals surface area contributed by atoms with Crippen LogP contribution in [0.15, 0.2) is 22.5 Å². The van der Waals surface area contributed by atoms with Gasteiger partial charge < -0.3 is 24.8 Å². The molecule has 0 unspecified atom stereocenters. The molecule has 0 aromatic carbocycles. The SMILES string of the molecule is COC(=O)C1=C(C)NC(C)=C(C(=O)OC)C1C(=O)OCC(=O)NC1CCCCCCC1. The molecule has 2 aliphatic rings. The molecule has 0 saturated heterocycles. The minimum atomic E-state index is -1.35. The van der Waals surface area contributed by atoms with Crippen molar-refractivity contribution in [3.63, 3.8) is 0 Å². The smallest absolute Gasteiger partial charge is 0.336 e. The fourth-order valence-electron chi connectivity index (χ4n) is 4.08. The van der Waals surface area contributed by atoms with Gasteiger partial charge in [0.1, 0.15) is 5.92 Å². The number of carbonyl (C=O) groups is 4. The average Bonchev–Trinajstić information content (AvgIpc) is 2.72. The van der Waals surface area contributed by atoms with E-state index in [0.29, 0.717) is 11.4 Å². The molecule has 1 aliphatic heterocycles. The number of ether oxygens (including phenoxy) is 3. The highest BCUT2D eigenvalue weighted by Crippen LogP contribution is 2.32. The van der Waals surface area contributed by atoms with Crippen molar-refractivity contribution in [3.05, 3.63) is 22.5 Å². The lowest BCUT2D eigenvalue weighted by atomic mass is 9.85. The van der Waals surface area contributed by atoms with E-state index in [4.69, 9.17) is 14.2 Å². The van der Waals surface area contributed by atoms with Crippen molar-refractivity contribution in [2.75, 3.05) is 20.8 Å². The van der Waals surface area contributed by atoms with Crippen LogP contribution in [-0.2, 0) is 33.4 Å². The molecule has 1 amide bonds. The second-order valence-electron chi connectivity index (χ2n) is 7.84. The highest BCUT2D eigenvalue weighted by atomic mass is 16.5. The third kappa shape index (κ3) is 6.32. The predicted molar refractivity (Wildman–Crippen MR) is 111 cm³/mol. The number of rotatable bonds is 6. The Morgan fingerprint density at radius 3 is 1.84 bits per heavy atom. The number of hydrogen-bond donors (Lipinski definition) is 2. The zero-order valence-corrected chi connectivity index (χ0v) is 18.7. The first-order chi connectivity index (χ1) is 14.8. The van der Waals surface area contributed by atoms with Crippen LogP contribution in [0.3, 0.4) is 0 Å². The van der Waals surface area contributed by atoms with Gasteiger partial charge in [0, 0.05) is 17.4 Å². The molecule has 1 fully saturated rings. The standard InChI is InChI=1S/C22H32N2O7/c1-13-17(20(26)29-3)19(18(14(2)23-13)21(27)30-4)22(28)31-12-16(25)24-15-10-8-6-5-7-9-11-15/h15,19,23H,5-12H2,1-4H3,(H,24,25). The van der Waals surface area contributed by atoms with Crippen molar-refractivity contribution >= 4 is 23.8 Å². The minimum Gasteiger partial charge on any atom is -0.466 e. The normalized spacial score (nSPS) is 18.5. The largest absolute Gasteiger partial charge is 0.466 e. The van der Waals surface area contributed by atoms with Crippen molar-refractivity contribution in [2.45, 2.75) is 64.8 Å². The fourth-order valence-corrected chi connectivity index (χ4v) is 4.08. The van der Waals surface area contributed by atoms with E-state index in [1.807, 2.05) is 0 Å². The van der Waals surface area contributed by atoms with Crippen LogP contribution >= 0.6 is 0 Å². The summed E-state index contributed by atoms with van der Waals surface area (Å²) >= 11 is 0. The molecule has 1 aliphatic carbocycles. The number of amides is 1. The predicted octanol–water partition coefficient (Wildman–Crippen LogP) is 1.87. The van der Waals surface area contributed by atoms with E-state index in [1.54, 1.807) is 13.8 Å². The Kier molecular flexibility index (Phi) is 9.08. The first-order valence-corrected chi connectivity index (χ1v) is 10.6. The molecule has 172 valence electrons. The van der Waals surface area contributed by atoms with Crippen molar-refractivity contribution in [1.29, 1.82) is 0 Å². The van der Waals surface area contributed by atoms with Crippen LogP contribution in [0.1, 0.15) is 58.8 Å². The van der Waals surface area contributed by atoms with Gasteiger partial charge in [-0.25, -0.2) is 9.59 Å². The monoisotopic (exact) mass is 436 g/mol. The van der Waals surface area contributed by atoms with E-state index in [1.165, 1.54) is 20.6 Å². The van der Waals surface area contributed by atoms with Gasteiger partial charge >= 0.3 is 17.9 Å². The lowest BCUT2D eigenvalue weighted by Crippen LogP contribution is -2.41. The zero-order valence-electron chi connectivity index (χ0n) is 18.7. The van der Waals surface area contributed by atoms with E-state index < -0.39 is 36.3 Å². The summed E-state index contributed by atoms with van der Waals surface area (Å²) in [5, 5.41) is 5.81. The number of hydrogen-bond acceptors (Lipinski definition) is 8. The van der Waals surface area contributed by atoms with E-state index >= 15 is 0 Å². The Labute approximate surface area is 182 Å². The first kappa shape index (κ1) is 24.4. The second kappa shape index (κ2) is 11.5. The van der Waals surface area contributed by atoms with Gasteiger partial charge in [-0.15, -0.1) is 0 Å². The molecule has 0 spiro atoms. The summed E-state index contributed by atoms with van der Waals surface area (Å²) in [6.45, 7) is 2.68. The maximum atomic E-state index is 12.9. The third-order valence-corrected chi connectivity index (χ3v) is 5.62. The second-order valence-corrected chi connectivity index (χ2v) is 7.84. The molecular weight excluding hydrogens is 404 g/mol. The maximum absolute atomic E-state index is 12.9. The summed E-state index contributed by atoms with van der Waals surface area (Å²) in [7, 11) is 2.35. The molecule has 0 aromatic heterocycles. The van der Waals surface area contributed by atoms with Gasteiger partial charge in [0.25, 0.3) is 5.91 Å². The molecule has 0 aromatic rings. The van der Waals surface area contributed by atoms with Crippen molar-refractivity contribution < 1.29 is 33.4 Å². The molecule has 2 rings (SSSR count). The molecule has 31 heavy (non-hydrogen) atoms. The summed E-state index contributed by atoms with van der Waals surface area (Å²) in [5.41, 5.74) is 0.605. The summed E-state index contributed by atoms with van der Waals surface area (Å²) in [6.07, 6.45) is 7.44. The van der Waals surface area contributed by atoms with Crippen LogP contribution in [-0.4, -0.2) is 50.7 Å². The summed E-state index contributed by atoms with van der Waals surface area (Å²) in [4.78, 5) is 50.0. The molecular formula is C22H32N2O7. The quantitative estimate of drug-likeness (QED) is 0.478. The minimum absolute atomic E-state index is 0.0565. The fraction of sp³-hybridized carbons (Fsp3) is 0.636. The highest BCUT2D eigenvalue weighted by molar-refractivity contribution is 6.05. The van der Waals surface area contributed by atoms with Crippen molar-refractivity contribution in [1.82, 2.24) is 10.6 Å². The Morgan fingerprint density at radius 1 is 0.871 bits per heavy atom. The van der Waals surface area contributed by atoms with Gasteiger partial charge in [0.05, 0.1) is 25.4 Å². The molecule has 1 heterocycles. The third-order valence-electron chi connectivity index (χ3n) is 5.62. The van der Waals surface area contributed by atoms with Crippen LogP contribution in [0.2, 0.25) is 0 Å². The average molecular weight is 437 g/mol. The number of nitrogens with one attached hydrogen (secondary N) is 2. The van der Waals surface area contributed by atoms with E-state index in [-0.39, 0.29) is 17.2 Å². The van der Waals surface area contributed by atoms with Gasteiger partial charge in [0.2, 0.25) is 0 Å². The van der Waals surface area contributed by atoms with Crippen molar-refractivity contribution in [2.24, 2.45) is 5.92 Å². The highest BCUT2D eigenvalue weighted by Gasteiger charge is 2.42. The van der Waals surface area contributed by atoms with Crippen LogP contribution in [0.25, 0.3) is 0 Å². The van der Waals surface area contributed by atoms with Gasteiger partial charge in [-0.2, -0.15) is 0 Å². The van der Waals surface area contributed by atoms with Gasteiger partial charge in [-0.3, -0.25) is 9.59 Å². The number of carbonyl (C=O) groups excluding carboxylic acids is 4. The maximum Gasteiger partial charge on any atom is 0.336 e. The van der Waals surface area contributed by atoms with Crippen LogP contribution in [0, 0.1) is 5.92 Å². The molecule has 2 N–H and O–H groups in total. The summed E-state index contributed by atoms with van der Waals surface area (Å²) in [5.74, 6) is -4.21. The van der Waals surface area contributed by atoms with Crippen LogP contribution in [0.4, 0.5) is 0 Å². The topological polar surface area (TPSA) is 120 Å². The van der Waals surface area contributed by atoms with E-state index in [9.17, 15) is 19.2 Å². The Hall–Kier alpha value is -2.84. The van der Waals surface area contributed by atoms with Crippen molar-refractivity contribution in [3.8, 4) is 0 Å². The Bertz CT molecular complexity index is 739. The van der Waals surface area contributed by atoms with E-state index in [2.05, 4.69) is 10.6 Å². The first-order valence-electron chi connectivity index (χ1n) is 10.6. The number of allylic oxidation sites excluding steroid dienone is 2. The lowest BCUT2D eigenvalue weighted by Gasteiger charge is -2.28. The molecule has 1 saturated carbocycles. The Morgan fingerprint density at radius 2 is 1.35 bits per heavy atom. The van der Waals surface area contributed by atoms with Crippen LogP contribution < -0.4 is 10.6 Å². The zero-order chi connectivity index (χ0) is 23.0.